The predicted octanol–water partition coefficient (Wildman–Crippen LogP) is 2.71. The second kappa shape index (κ2) is 3.71. The van der Waals surface area contributed by atoms with Gasteiger partial charge in [-0.05, 0) is 68.2 Å². The zero-order valence-electron chi connectivity index (χ0n) is 11.4. The Morgan fingerprint density at radius 2 is 1.71 bits per heavy atom. The van der Waals surface area contributed by atoms with Crippen molar-refractivity contribution in [1.29, 1.82) is 0 Å². The van der Waals surface area contributed by atoms with Gasteiger partial charge < -0.3 is 10.4 Å². The molecule has 4 aliphatic carbocycles. The van der Waals surface area contributed by atoms with Gasteiger partial charge in [0.25, 0.3) is 0 Å². The first-order valence-electron chi connectivity index (χ1n) is 7.33. The van der Waals surface area contributed by atoms with Crippen molar-refractivity contribution in [3.05, 3.63) is 0 Å². The Bertz CT molecular complexity index is 296. The van der Waals surface area contributed by atoms with Gasteiger partial charge in [-0.3, -0.25) is 0 Å². The molecular weight excluding hydrogens is 210 g/mol. The molecule has 0 radical (unpaired) electrons. The summed E-state index contributed by atoms with van der Waals surface area (Å²) in [7, 11) is 0. The maximum absolute atomic E-state index is 8.94. The van der Waals surface area contributed by atoms with Crippen molar-refractivity contribution in [1.82, 2.24) is 5.32 Å². The largest absolute Gasteiger partial charge is 0.396 e. The highest BCUT2D eigenvalue weighted by atomic mass is 16.3. The first kappa shape index (κ1) is 12.0. The van der Waals surface area contributed by atoms with Crippen LogP contribution in [-0.4, -0.2) is 23.8 Å². The van der Waals surface area contributed by atoms with Crippen LogP contribution in [0, 0.1) is 16.7 Å². The molecular formula is C15H27NO. The van der Waals surface area contributed by atoms with Crippen molar-refractivity contribution in [2.75, 3.05) is 13.2 Å². The summed E-state index contributed by atoms with van der Waals surface area (Å²) < 4.78 is 0. The summed E-state index contributed by atoms with van der Waals surface area (Å²) in [6.45, 7) is 6.34. The average molecular weight is 237 g/mol. The first-order valence-corrected chi connectivity index (χ1v) is 7.33. The van der Waals surface area contributed by atoms with Crippen LogP contribution in [0.3, 0.4) is 0 Å². The van der Waals surface area contributed by atoms with E-state index in [9.17, 15) is 0 Å². The van der Waals surface area contributed by atoms with E-state index in [0.29, 0.717) is 23.0 Å². The van der Waals surface area contributed by atoms with E-state index < -0.39 is 0 Å². The molecule has 4 aliphatic rings. The summed E-state index contributed by atoms with van der Waals surface area (Å²) in [4.78, 5) is 0. The van der Waals surface area contributed by atoms with Crippen molar-refractivity contribution >= 4 is 0 Å². The quantitative estimate of drug-likeness (QED) is 0.737. The number of aliphatic hydroxyl groups is 1. The van der Waals surface area contributed by atoms with E-state index >= 15 is 0 Å². The van der Waals surface area contributed by atoms with Crippen LogP contribution in [0.25, 0.3) is 0 Å². The standard InChI is InChI=1S/C15H27NO/c1-13-6-12-7-14(2,9-13)11-15(8-12,10-13)16-4-3-5-17/h12,16-17H,3-11H2,1-2H3. The Labute approximate surface area is 105 Å². The third-order valence-electron chi connectivity index (χ3n) is 5.46. The molecule has 0 amide bonds. The molecule has 0 spiro atoms. The molecule has 0 heterocycles. The van der Waals surface area contributed by atoms with E-state index in [1.807, 2.05) is 0 Å². The molecule has 0 aromatic heterocycles. The molecule has 0 aromatic carbocycles. The second-order valence-corrected chi connectivity index (χ2v) is 7.91. The topological polar surface area (TPSA) is 32.3 Å². The zero-order valence-corrected chi connectivity index (χ0v) is 11.4. The third kappa shape index (κ3) is 2.04. The van der Waals surface area contributed by atoms with Crippen LogP contribution in [0.5, 0.6) is 0 Å². The van der Waals surface area contributed by atoms with Crippen LogP contribution in [0.15, 0.2) is 0 Å². The van der Waals surface area contributed by atoms with E-state index in [2.05, 4.69) is 19.2 Å². The molecule has 17 heavy (non-hydrogen) atoms. The van der Waals surface area contributed by atoms with Gasteiger partial charge in [-0.15, -0.1) is 0 Å². The van der Waals surface area contributed by atoms with E-state index in [1.54, 1.807) is 0 Å². The van der Waals surface area contributed by atoms with Crippen molar-refractivity contribution < 1.29 is 5.11 Å². The number of hydrogen-bond acceptors (Lipinski definition) is 2. The van der Waals surface area contributed by atoms with E-state index in [-0.39, 0.29) is 0 Å². The smallest absolute Gasteiger partial charge is 0.0443 e. The van der Waals surface area contributed by atoms with Crippen LogP contribution in [0.2, 0.25) is 0 Å². The minimum Gasteiger partial charge on any atom is -0.396 e. The minimum atomic E-state index is 0.320. The van der Waals surface area contributed by atoms with Crippen molar-refractivity contribution in [3.8, 4) is 0 Å². The van der Waals surface area contributed by atoms with E-state index in [1.165, 1.54) is 38.5 Å². The molecule has 4 bridgehead atoms. The molecule has 0 aromatic rings. The molecule has 0 saturated heterocycles. The third-order valence-corrected chi connectivity index (χ3v) is 5.46. The summed E-state index contributed by atoms with van der Waals surface area (Å²) in [5.41, 5.74) is 1.61. The zero-order chi connectivity index (χ0) is 12.1. The van der Waals surface area contributed by atoms with Crippen LogP contribution in [0.1, 0.15) is 58.8 Å². The van der Waals surface area contributed by atoms with Gasteiger partial charge >= 0.3 is 0 Å². The SMILES string of the molecule is CC12CC3CC(C)(C1)CC(NCCCO)(C3)C2. The van der Waals surface area contributed by atoms with Crippen molar-refractivity contribution in [2.24, 2.45) is 16.7 Å². The fourth-order valence-electron chi connectivity index (χ4n) is 6.08. The Morgan fingerprint density at radius 1 is 1.06 bits per heavy atom. The van der Waals surface area contributed by atoms with Crippen LogP contribution in [0.4, 0.5) is 0 Å². The Hall–Kier alpha value is -0.0800. The normalized spacial score (nSPS) is 52.1. The fraction of sp³-hybridized carbons (Fsp3) is 1.00. The maximum Gasteiger partial charge on any atom is 0.0443 e. The highest BCUT2D eigenvalue weighted by Crippen LogP contribution is 2.66. The number of rotatable bonds is 4. The highest BCUT2D eigenvalue weighted by molar-refractivity contribution is 5.14. The average Bonchev–Trinajstić information content (AvgIpc) is 2.11. The minimum absolute atomic E-state index is 0.320. The fourth-order valence-corrected chi connectivity index (χ4v) is 6.08. The van der Waals surface area contributed by atoms with Crippen molar-refractivity contribution in [3.63, 3.8) is 0 Å². The van der Waals surface area contributed by atoms with Gasteiger partial charge in [-0.2, -0.15) is 0 Å². The predicted molar refractivity (Wildman–Crippen MR) is 69.8 cm³/mol. The van der Waals surface area contributed by atoms with Gasteiger partial charge in [-0.25, -0.2) is 0 Å². The van der Waals surface area contributed by atoms with Crippen LogP contribution >= 0.6 is 0 Å². The Morgan fingerprint density at radius 3 is 2.24 bits per heavy atom. The van der Waals surface area contributed by atoms with Gasteiger partial charge in [0, 0.05) is 12.1 Å². The van der Waals surface area contributed by atoms with Gasteiger partial charge in [0.1, 0.15) is 0 Å². The Kier molecular flexibility index (Phi) is 2.61. The van der Waals surface area contributed by atoms with E-state index in [4.69, 9.17) is 5.11 Å². The van der Waals surface area contributed by atoms with Crippen LogP contribution < -0.4 is 5.32 Å². The van der Waals surface area contributed by atoms with Gasteiger partial charge in [0.15, 0.2) is 0 Å². The molecule has 0 aliphatic heterocycles. The monoisotopic (exact) mass is 237 g/mol. The molecule has 2 N–H and O–H groups in total. The lowest BCUT2D eigenvalue weighted by atomic mass is 9.43. The summed E-state index contributed by atoms with van der Waals surface area (Å²) in [5.74, 6) is 0.961. The summed E-state index contributed by atoms with van der Waals surface area (Å²) in [5, 5.41) is 12.8. The molecule has 2 atom stereocenters. The molecule has 2 heteroatoms. The second-order valence-electron chi connectivity index (χ2n) is 7.91. The summed E-state index contributed by atoms with van der Waals surface area (Å²) in [6.07, 6.45) is 9.41. The first-order chi connectivity index (χ1) is 7.97. The van der Waals surface area contributed by atoms with Gasteiger partial charge in [-0.1, -0.05) is 13.8 Å². The molecule has 2 nitrogen and oxygen atoms in total. The molecule has 2 unspecified atom stereocenters. The molecule has 4 rings (SSSR count). The van der Waals surface area contributed by atoms with Crippen molar-refractivity contribution in [2.45, 2.75) is 64.3 Å². The molecule has 4 fully saturated rings. The lowest BCUT2D eigenvalue weighted by molar-refractivity contribution is -0.117. The summed E-state index contributed by atoms with van der Waals surface area (Å²) >= 11 is 0. The lowest BCUT2D eigenvalue weighted by Gasteiger charge is -2.65. The van der Waals surface area contributed by atoms with E-state index in [0.717, 1.165) is 18.9 Å². The number of aliphatic hydroxyl groups excluding tert-OH is 1. The number of nitrogens with one attached hydrogen (secondary N) is 1. The summed E-state index contributed by atoms with van der Waals surface area (Å²) in [6, 6.07) is 0. The van der Waals surface area contributed by atoms with Gasteiger partial charge in [0.2, 0.25) is 0 Å². The maximum atomic E-state index is 8.94. The van der Waals surface area contributed by atoms with Gasteiger partial charge in [0.05, 0.1) is 0 Å². The lowest BCUT2D eigenvalue weighted by Crippen LogP contribution is -2.64. The van der Waals surface area contributed by atoms with Crippen LogP contribution in [-0.2, 0) is 0 Å². The molecule has 4 saturated carbocycles. The molecule has 98 valence electrons. The highest BCUT2D eigenvalue weighted by Gasteiger charge is 2.59. The number of hydrogen-bond donors (Lipinski definition) is 2. The Balaban J connectivity index is 1.77.